The molecule has 0 bridgehead atoms. The maximum absolute atomic E-state index is 11.7. The molecule has 0 radical (unpaired) electrons. The fourth-order valence-corrected chi connectivity index (χ4v) is 3.49. The number of amides is 1. The Labute approximate surface area is 125 Å². The van der Waals surface area contributed by atoms with Crippen LogP contribution in [0.4, 0.5) is 5.82 Å². The molecule has 4 N–H and O–H groups in total. The number of carbonyl (C=O) groups excluding carboxylic acids is 1. The first-order valence-corrected chi connectivity index (χ1v) is 7.93. The molecule has 0 unspecified atom stereocenters. The van der Waals surface area contributed by atoms with E-state index in [2.05, 4.69) is 15.6 Å². The summed E-state index contributed by atoms with van der Waals surface area (Å²) in [6, 6.07) is 2.95. The molecule has 5 nitrogen and oxygen atoms in total. The third kappa shape index (κ3) is 3.02. The highest BCUT2D eigenvalue weighted by Gasteiger charge is 2.23. The Hall–Kier alpha value is -1.62. The van der Waals surface area contributed by atoms with Crippen molar-refractivity contribution < 1.29 is 4.79 Å². The SMILES string of the molecule is CNC1CCC(Nc2nc3c(cc2C(N)=O)CCC3)CC1. The summed E-state index contributed by atoms with van der Waals surface area (Å²) < 4.78 is 0. The van der Waals surface area contributed by atoms with Gasteiger partial charge in [-0.2, -0.15) is 0 Å². The van der Waals surface area contributed by atoms with Crippen LogP contribution in [0.3, 0.4) is 0 Å². The molecule has 1 fully saturated rings. The van der Waals surface area contributed by atoms with Gasteiger partial charge in [0.05, 0.1) is 5.56 Å². The standard InChI is InChI=1S/C16H24N4O/c1-18-11-5-7-12(8-6-11)19-16-13(15(17)21)9-10-3-2-4-14(10)20-16/h9,11-12,18H,2-8H2,1H3,(H2,17,21)(H,19,20). The topological polar surface area (TPSA) is 80.0 Å². The van der Waals surface area contributed by atoms with E-state index in [-0.39, 0.29) is 5.91 Å². The van der Waals surface area contributed by atoms with Gasteiger partial charge in [-0.05, 0) is 63.6 Å². The van der Waals surface area contributed by atoms with Crippen LogP contribution in [0, 0.1) is 0 Å². The number of rotatable bonds is 4. The zero-order valence-electron chi connectivity index (χ0n) is 12.6. The first-order valence-electron chi connectivity index (χ1n) is 7.93. The summed E-state index contributed by atoms with van der Waals surface area (Å²) in [5, 5.41) is 6.80. The van der Waals surface area contributed by atoms with E-state index in [0.717, 1.165) is 50.6 Å². The zero-order valence-corrected chi connectivity index (χ0v) is 12.6. The summed E-state index contributed by atoms with van der Waals surface area (Å²) in [5.74, 6) is 0.305. The molecule has 0 spiro atoms. The van der Waals surface area contributed by atoms with Crippen LogP contribution in [-0.2, 0) is 12.8 Å². The summed E-state index contributed by atoms with van der Waals surface area (Å²) in [4.78, 5) is 16.4. The lowest BCUT2D eigenvalue weighted by atomic mass is 9.91. The first kappa shape index (κ1) is 14.3. The number of hydrogen-bond acceptors (Lipinski definition) is 4. The van der Waals surface area contributed by atoms with E-state index in [1.54, 1.807) is 0 Å². The fourth-order valence-electron chi connectivity index (χ4n) is 3.49. The molecule has 0 aromatic carbocycles. The molecule has 0 saturated heterocycles. The molecular weight excluding hydrogens is 264 g/mol. The minimum Gasteiger partial charge on any atom is -0.367 e. The average molecular weight is 288 g/mol. The van der Waals surface area contributed by atoms with Gasteiger partial charge in [0.25, 0.3) is 5.91 Å². The van der Waals surface area contributed by atoms with E-state index in [1.807, 2.05) is 13.1 Å². The maximum Gasteiger partial charge on any atom is 0.252 e. The van der Waals surface area contributed by atoms with E-state index in [1.165, 1.54) is 5.56 Å². The lowest BCUT2D eigenvalue weighted by Crippen LogP contribution is -2.35. The van der Waals surface area contributed by atoms with Crippen molar-refractivity contribution in [2.24, 2.45) is 5.73 Å². The number of aryl methyl sites for hydroxylation is 2. The highest BCUT2D eigenvalue weighted by molar-refractivity contribution is 5.97. The Bertz CT molecular complexity index is 535. The Morgan fingerprint density at radius 3 is 2.62 bits per heavy atom. The summed E-state index contributed by atoms with van der Waals surface area (Å²) in [5.41, 5.74) is 8.40. The molecular formula is C16H24N4O. The van der Waals surface area contributed by atoms with Crippen molar-refractivity contribution in [3.8, 4) is 0 Å². The van der Waals surface area contributed by atoms with Crippen molar-refractivity contribution in [1.29, 1.82) is 0 Å². The fraction of sp³-hybridized carbons (Fsp3) is 0.625. The van der Waals surface area contributed by atoms with E-state index < -0.39 is 0 Å². The van der Waals surface area contributed by atoms with Gasteiger partial charge >= 0.3 is 0 Å². The number of primary amides is 1. The maximum atomic E-state index is 11.7. The number of carbonyl (C=O) groups is 1. The van der Waals surface area contributed by atoms with Gasteiger partial charge in [-0.15, -0.1) is 0 Å². The molecule has 0 atom stereocenters. The molecule has 1 aromatic rings. The number of pyridine rings is 1. The Kier molecular flexibility index (Phi) is 4.10. The first-order chi connectivity index (χ1) is 10.2. The molecule has 1 amide bonds. The lowest BCUT2D eigenvalue weighted by Gasteiger charge is -2.29. The number of fused-ring (bicyclic) bond motifs is 1. The van der Waals surface area contributed by atoms with Crippen LogP contribution in [0.5, 0.6) is 0 Å². The van der Waals surface area contributed by atoms with Crippen LogP contribution in [0.15, 0.2) is 6.07 Å². The summed E-state index contributed by atoms with van der Waals surface area (Å²) in [7, 11) is 2.02. The highest BCUT2D eigenvalue weighted by Crippen LogP contribution is 2.27. The molecule has 1 aromatic heterocycles. The van der Waals surface area contributed by atoms with E-state index in [4.69, 9.17) is 5.73 Å². The van der Waals surface area contributed by atoms with E-state index in [9.17, 15) is 4.79 Å². The molecule has 5 heteroatoms. The minimum absolute atomic E-state index is 0.386. The quantitative estimate of drug-likeness (QED) is 0.786. The van der Waals surface area contributed by atoms with Gasteiger partial charge in [-0.1, -0.05) is 0 Å². The van der Waals surface area contributed by atoms with Gasteiger partial charge in [0.1, 0.15) is 5.82 Å². The molecule has 3 rings (SSSR count). The number of nitrogens with two attached hydrogens (primary N) is 1. The van der Waals surface area contributed by atoms with Gasteiger partial charge in [-0.25, -0.2) is 4.98 Å². The number of nitrogens with zero attached hydrogens (tertiary/aromatic N) is 1. The second-order valence-electron chi connectivity index (χ2n) is 6.19. The van der Waals surface area contributed by atoms with Gasteiger partial charge < -0.3 is 16.4 Å². The molecule has 114 valence electrons. The summed E-state index contributed by atoms with van der Waals surface area (Å²) >= 11 is 0. The Morgan fingerprint density at radius 2 is 1.95 bits per heavy atom. The van der Waals surface area contributed by atoms with Crippen molar-refractivity contribution >= 4 is 11.7 Å². The summed E-state index contributed by atoms with van der Waals surface area (Å²) in [6.45, 7) is 0. The van der Waals surface area contributed by atoms with Crippen LogP contribution in [0.2, 0.25) is 0 Å². The van der Waals surface area contributed by atoms with Crippen LogP contribution in [0.25, 0.3) is 0 Å². The molecule has 2 aliphatic rings. The molecule has 1 saturated carbocycles. The Morgan fingerprint density at radius 1 is 1.24 bits per heavy atom. The Balaban J connectivity index is 1.77. The third-order valence-corrected chi connectivity index (χ3v) is 4.79. The van der Waals surface area contributed by atoms with Crippen LogP contribution in [-0.4, -0.2) is 30.0 Å². The van der Waals surface area contributed by atoms with Gasteiger partial charge in [-0.3, -0.25) is 4.79 Å². The van der Waals surface area contributed by atoms with Gasteiger partial charge in [0, 0.05) is 17.8 Å². The summed E-state index contributed by atoms with van der Waals surface area (Å²) in [6.07, 6.45) is 7.66. The van der Waals surface area contributed by atoms with E-state index in [0.29, 0.717) is 23.5 Å². The lowest BCUT2D eigenvalue weighted by molar-refractivity contribution is 0.100. The number of nitrogens with one attached hydrogen (secondary N) is 2. The van der Waals surface area contributed by atoms with Crippen LogP contribution < -0.4 is 16.4 Å². The molecule has 21 heavy (non-hydrogen) atoms. The molecule has 1 heterocycles. The molecule has 0 aliphatic heterocycles. The third-order valence-electron chi connectivity index (χ3n) is 4.79. The van der Waals surface area contributed by atoms with Crippen LogP contribution in [0.1, 0.15) is 53.7 Å². The van der Waals surface area contributed by atoms with Crippen molar-refractivity contribution in [1.82, 2.24) is 10.3 Å². The van der Waals surface area contributed by atoms with Crippen molar-refractivity contribution in [2.45, 2.75) is 57.0 Å². The predicted octanol–water partition coefficient (Wildman–Crippen LogP) is 1.61. The minimum atomic E-state index is -0.386. The van der Waals surface area contributed by atoms with Crippen molar-refractivity contribution in [3.63, 3.8) is 0 Å². The average Bonchev–Trinajstić information content (AvgIpc) is 2.94. The number of hydrogen-bond donors (Lipinski definition) is 3. The molecule has 2 aliphatic carbocycles. The van der Waals surface area contributed by atoms with Gasteiger partial charge in [0.15, 0.2) is 0 Å². The second kappa shape index (κ2) is 6.02. The van der Waals surface area contributed by atoms with Crippen molar-refractivity contribution in [2.75, 3.05) is 12.4 Å². The second-order valence-corrected chi connectivity index (χ2v) is 6.19. The number of aromatic nitrogens is 1. The van der Waals surface area contributed by atoms with Gasteiger partial charge in [0.2, 0.25) is 0 Å². The predicted molar refractivity (Wildman–Crippen MR) is 83.5 cm³/mol. The zero-order chi connectivity index (χ0) is 14.8. The highest BCUT2D eigenvalue weighted by atomic mass is 16.1. The normalized spacial score (nSPS) is 24.6. The number of anilines is 1. The van der Waals surface area contributed by atoms with Crippen molar-refractivity contribution in [3.05, 3.63) is 22.9 Å². The van der Waals surface area contributed by atoms with E-state index >= 15 is 0 Å². The smallest absolute Gasteiger partial charge is 0.252 e. The van der Waals surface area contributed by atoms with Crippen LogP contribution >= 0.6 is 0 Å². The largest absolute Gasteiger partial charge is 0.367 e. The monoisotopic (exact) mass is 288 g/mol.